The van der Waals surface area contributed by atoms with Crippen molar-refractivity contribution < 1.29 is 4.74 Å². The fraction of sp³-hybridized carbons (Fsp3) is 0.318. The van der Waals surface area contributed by atoms with Crippen LogP contribution < -0.4 is 4.74 Å². The van der Waals surface area contributed by atoms with E-state index < -0.39 is 0 Å². The molecule has 3 aromatic rings. The number of nitriles is 1. The number of rotatable bonds is 6. The fourth-order valence-electron chi connectivity index (χ4n) is 3.34. The highest BCUT2D eigenvalue weighted by atomic mass is 16.5. The normalized spacial score (nSPS) is 13.4. The summed E-state index contributed by atoms with van der Waals surface area (Å²) < 4.78 is 7.54. The first kappa shape index (κ1) is 17.3. The Labute approximate surface area is 159 Å². The molecule has 0 aliphatic heterocycles. The van der Waals surface area contributed by atoms with Crippen LogP contribution >= 0.6 is 0 Å². The number of benzene rings is 1. The molecule has 1 aromatic carbocycles. The lowest BCUT2D eigenvalue weighted by atomic mass is 10.1. The Morgan fingerprint density at radius 2 is 2.04 bits per heavy atom. The Hall–Kier alpha value is -3.13. The topological polar surface area (TPSA) is 63.7 Å². The third kappa shape index (κ3) is 3.43. The lowest BCUT2D eigenvalue weighted by Crippen LogP contribution is -2.06. The molecule has 5 nitrogen and oxygen atoms in total. The van der Waals surface area contributed by atoms with Gasteiger partial charge in [0.1, 0.15) is 6.07 Å². The van der Waals surface area contributed by atoms with E-state index in [4.69, 9.17) is 4.74 Å². The minimum Gasteiger partial charge on any atom is -0.477 e. The van der Waals surface area contributed by atoms with E-state index in [-0.39, 0.29) is 0 Å². The quantitative estimate of drug-likeness (QED) is 0.658. The van der Waals surface area contributed by atoms with Crippen LogP contribution in [-0.2, 0) is 6.42 Å². The van der Waals surface area contributed by atoms with E-state index >= 15 is 0 Å². The molecule has 0 radical (unpaired) electrons. The van der Waals surface area contributed by atoms with E-state index in [1.54, 1.807) is 4.68 Å². The molecule has 0 amide bonds. The van der Waals surface area contributed by atoms with Gasteiger partial charge >= 0.3 is 0 Å². The Bertz CT molecular complexity index is 997. The first-order valence-corrected chi connectivity index (χ1v) is 9.37. The maximum Gasteiger partial charge on any atom is 0.237 e. The largest absolute Gasteiger partial charge is 0.477 e. The van der Waals surface area contributed by atoms with Gasteiger partial charge in [-0.3, -0.25) is 0 Å². The third-order valence-electron chi connectivity index (χ3n) is 4.97. The Balaban J connectivity index is 1.77. The van der Waals surface area contributed by atoms with Gasteiger partial charge in [-0.15, -0.1) is 5.10 Å². The van der Waals surface area contributed by atoms with Crippen LogP contribution in [0.4, 0.5) is 0 Å². The number of ether oxygens (including phenoxy) is 1. The SMILES string of the molecule is CCOc1nn(-c2ncc(C3CC3)cc2C#N)c(C)c1Cc1ccccc1. The molecule has 1 fully saturated rings. The average Bonchev–Trinajstić information content (AvgIpc) is 3.51. The van der Waals surface area contributed by atoms with Crippen LogP contribution in [0.25, 0.3) is 5.82 Å². The highest BCUT2D eigenvalue weighted by molar-refractivity contribution is 5.49. The Kier molecular flexibility index (Phi) is 4.64. The molecule has 0 N–H and O–H groups in total. The van der Waals surface area contributed by atoms with Crippen molar-refractivity contribution in [3.05, 3.63) is 70.5 Å². The second-order valence-corrected chi connectivity index (χ2v) is 6.90. The van der Waals surface area contributed by atoms with E-state index in [2.05, 4.69) is 28.3 Å². The van der Waals surface area contributed by atoms with Crippen molar-refractivity contribution >= 4 is 0 Å². The molecule has 0 bridgehead atoms. The van der Waals surface area contributed by atoms with Crippen molar-refractivity contribution in [2.45, 2.75) is 39.0 Å². The van der Waals surface area contributed by atoms with Gasteiger partial charge in [0, 0.05) is 18.2 Å². The summed E-state index contributed by atoms with van der Waals surface area (Å²) >= 11 is 0. The number of pyridine rings is 1. The minimum absolute atomic E-state index is 0.539. The van der Waals surface area contributed by atoms with E-state index in [1.165, 1.54) is 18.4 Å². The molecule has 5 heteroatoms. The van der Waals surface area contributed by atoms with Crippen LogP contribution in [0, 0.1) is 18.3 Å². The van der Waals surface area contributed by atoms with Gasteiger partial charge < -0.3 is 4.74 Å². The molecule has 0 saturated heterocycles. The molecular weight excluding hydrogens is 336 g/mol. The van der Waals surface area contributed by atoms with Gasteiger partial charge in [-0.05, 0) is 49.8 Å². The summed E-state index contributed by atoms with van der Waals surface area (Å²) in [5.74, 6) is 1.74. The summed E-state index contributed by atoms with van der Waals surface area (Å²) in [7, 11) is 0. The predicted molar refractivity (Wildman–Crippen MR) is 103 cm³/mol. The van der Waals surface area contributed by atoms with E-state index in [0.29, 0.717) is 29.8 Å². The number of hydrogen-bond acceptors (Lipinski definition) is 4. The second kappa shape index (κ2) is 7.24. The van der Waals surface area contributed by atoms with Crippen molar-refractivity contribution in [3.63, 3.8) is 0 Å². The van der Waals surface area contributed by atoms with Gasteiger partial charge in [0.2, 0.25) is 5.88 Å². The highest BCUT2D eigenvalue weighted by Gasteiger charge is 2.26. The zero-order valence-corrected chi connectivity index (χ0v) is 15.6. The summed E-state index contributed by atoms with van der Waals surface area (Å²) in [4.78, 5) is 4.59. The number of aromatic nitrogens is 3. The lowest BCUT2D eigenvalue weighted by Gasteiger charge is -2.08. The molecule has 2 aromatic heterocycles. The van der Waals surface area contributed by atoms with Gasteiger partial charge in [0.15, 0.2) is 5.82 Å². The summed E-state index contributed by atoms with van der Waals surface area (Å²) in [5, 5.41) is 14.3. The van der Waals surface area contributed by atoms with Crippen LogP contribution in [0.3, 0.4) is 0 Å². The lowest BCUT2D eigenvalue weighted by molar-refractivity contribution is 0.321. The molecule has 136 valence electrons. The third-order valence-corrected chi connectivity index (χ3v) is 4.97. The summed E-state index contributed by atoms with van der Waals surface area (Å²) in [6, 6.07) is 14.5. The zero-order chi connectivity index (χ0) is 18.8. The summed E-state index contributed by atoms with van der Waals surface area (Å²) in [6.45, 7) is 4.49. The first-order chi connectivity index (χ1) is 13.2. The van der Waals surface area contributed by atoms with Gasteiger partial charge in [-0.2, -0.15) is 5.26 Å². The van der Waals surface area contributed by atoms with Gasteiger partial charge in [0.25, 0.3) is 0 Å². The minimum atomic E-state index is 0.539. The van der Waals surface area contributed by atoms with Crippen LogP contribution in [0.1, 0.15) is 53.6 Å². The molecular formula is C22H22N4O. The van der Waals surface area contributed by atoms with Gasteiger partial charge in [-0.25, -0.2) is 9.67 Å². The highest BCUT2D eigenvalue weighted by Crippen LogP contribution is 2.40. The van der Waals surface area contributed by atoms with Crippen molar-refractivity contribution in [3.8, 4) is 17.8 Å². The standard InChI is InChI=1S/C22H22N4O/c1-3-27-22-20(11-16-7-5-4-6-8-16)15(2)26(25-22)21-18(13-23)12-19(14-24-21)17-9-10-17/h4-8,12,14,17H,3,9-11H2,1-2H3. The number of nitrogens with zero attached hydrogens (tertiary/aromatic N) is 4. The molecule has 27 heavy (non-hydrogen) atoms. The molecule has 1 aliphatic rings. The fourth-order valence-corrected chi connectivity index (χ4v) is 3.34. The summed E-state index contributed by atoms with van der Waals surface area (Å²) in [6.07, 6.45) is 4.97. The molecule has 0 spiro atoms. The molecule has 1 saturated carbocycles. The van der Waals surface area contributed by atoms with Crippen LogP contribution in [0.5, 0.6) is 5.88 Å². The van der Waals surface area contributed by atoms with Crippen LogP contribution in [0.2, 0.25) is 0 Å². The molecule has 4 rings (SSSR count). The van der Waals surface area contributed by atoms with Crippen molar-refractivity contribution in [1.29, 1.82) is 5.26 Å². The smallest absolute Gasteiger partial charge is 0.237 e. The molecule has 0 unspecified atom stereocenters. The number of hydrogen-bond donors (Lipinski definition) is 0. The Morgan fingerprint density at radius 1 is 1.26 bits per heavy atom. The molecule has 1 aliphatic carbocycles. The van der Waals surface area contributed by atoms with E-state index in [9.17, 15) is 5.26 Å². The van der Waals surface area contributed by atoms with Crippen LogP contribution in [-0.4, -0.2) is 21.4 Å². The van der Waals surface area contributed by atoms with Gasteiger partial charge in [0.05, 0.1) is 17.9 Å². The molecule has 0 atom stereocenters. The monoisotopic (exact) mass is 358 g/mol. The first-order valence-electron chi connectivity index (χ1n) is 9.37. The van der Waals surface area contributed by atoms with E-state index in [1.807, 2.05) is 44.3 Å². The van der Waals surface area contributed by atoms with Crippen molar-refractivity contribution in [2.24, 2.45) is 0 Å². The van der Waals surface area contributed by atoms with Crippen molar-refractivity contribution in [2.75, 3.05) is 6.61 Å². The van der Waals surface area contributed by atoms with Crippen LogP contribution in [0.15, 0.2) is 42.6 Å². The van der Waals surface area contributed by atoms with E-state index in [0.717, 1.165) is 23.2 Å². The maximum absolute atomic E-state index is 9.65. The van der Waals surface area contributed by atoms with Crippen molar-refractivity contribution in [1.82, 2.24) is 14.8 Å². The molecule has 2 heterocycles. The van der Waals surface area contributed by atoms with Gasteiger partial charge in [-0.1, -0.05) is 30.3 Å². The summed E-state index contributed by atoms with van der Waals surface area (Å²) in [5.41, 5.74) is 4.87. The predicted octanol–water partition coefficient (Wildman–Crippen LogP) is 4.31. The second-order valence-electron chi connectivity index (χ2n) is 6.90. The average molecular weight is 358 g/mol. The Morgan fingerprint density at radius 3 is 2.70 bits per heavy atom. The zero-order valence-electron chi connectivity index (χ0n) is 15.6. The maximum atomic E-state index is 9.65.